The number of hydrogen-bond acceptors (Lipinski definition) is 5. The molecule has 0 fully saturated rings. The second-order valence-electron chi connectivity index (χ2n) is 7.25. The highest BCUT2D eigenvalue weighted by atomic mass is 19.1. The maximum atomic E-state index is 13.9. The number of esters is 1. The third-order valence-electron chi connectivity index (χ3n) is 4.89. The molecule has 0 aliphatic carbocycles. The third-order valence-corrected chi connectivity index (χ3v) is 4.89. The zero-order valence-electron chi connectivity index (χ0n) is 18.5. The van der Waals surface area contributed by atoms with Crippen molar-refractivity contribution in [2.24, 2.45) is 0 Å². The van der Waals surface area contributed by atoms with Gasteiger partial charge in [0.25, 0.3) is 17.7 Å². The standard InChI is InChI=1S/C25H22FN3O5/c1-15-7-8-17(13-21(15)29-25(33)19-5-3-4-6-20(19)26)24(32)28-18-11-9-16(10-12-18)23(31)27-14-22(30)34-2/h3-13H,14H2,1-2H3,(H,27,31)(H,28,32)(H,29,33). The summed E-state index contributed by atoms with van der Waals surface area (Å²) in [4.78, 5) is 48.3. The molecule has 0 aromatic heterocycles. The van der Waals surface area contributed by atoms with E-state index in [-0.39, 0.29) is 17.7 Å². The Bertz CT molecular complexity index is 1240. The smallest absolute Gasteiger partial charge is 0.325 e. The molecule has 0 heterocycles. The third kappa shape index (κ3) is 6.04. The van der Waals surface area contributed by atoms with Crippen molar-refractivity contribution in [2.75, 3.05) is 24.3 Å². The quantitative estimate of drug-likeness (QED) is 0.464. The Kier molecular flexibility index (Phi) is 7.71. The van der Waals surface area contributed by atoms with Crippen molar-refractivity contribution in [2.45, 2.75) is 6.92 Å². The number of hydrogen-bond donors (Lipinski definition) is 3. The molecule has 3 amide bonds. The van der Waals surface area contributed by atoms with Crippen LogP contribution in [0.2, 0.25) is 0 Å². The lowest BCUT2D eigenvalue weighted by molar-refractivity contribution is -0.139. The van der Waals surface area contributed by atoms with E-state index in [2.05, 4.69) is 20.7 Å². The lowest BCUT2D eigenvalue weighted by Crippen LogP contribution is -2.30. The van der Waals surface area contributed by atoms with Gasteiger partial charge in [0.2, 0.25) is 0 Å². The zero-order chi connectivity index (χ0) is 24.7. The zero-order valence-corrected chi connectivity index (χ0v) is 18.5. The van der Waals surface area contributed by atoms with Crippen LogP contribution in [0.1, 0.15) is 36.6 Å². The van der Waals surface area contributed by atoms with Crippen LogP contribution in [0.3, 0.4) is 0 Å². The maximum Gasteiger partial charge on any atom is 0.325 e. The molecule has 0 saturated heterocycles. The van der Waals surface area contributed by atoms with E-state index in [9.17, 15) is 23.6 Å². The molecule has 3 aromatic carbocycles. The molecule has 3 N–H and O–H groups in total. The number of rotatable bonds is 7. The number of carbonyl (C=O) groups excluding carboxylic acids is 4. The van der Waals surface area contributed by atoms with Crippen molar-refractivity contribution in [1.29, 1.82) is 0 Å². The molecule has 0 unspecified atom stereocenters. The van der Waals surface area contributed by atoms with E-state index in [1.54, 1.807) is 37.3 Å². The topological polar surface area (TPSA) is 114 Å². The molecule has 0 atom stereocenters. The molecule has 8 nitrogen and oxygen atoms in total. The number of carbonyl (C=O) groups is 4. The molecule has 0 saturated carbocycles. The summed E-state index contributed by atoms with van der Waals surface area (Å²) in [5, 5.41) is 7.76. The first kappa shape index (κ1) is 24.1. The first-order valence-corrected chi connectivity index (χ1v) is 10.2. The van der Waals surface area contributed by atoms with Gasteiger partial charge in [-0.3, -0.25) is 19.2 Å². The van der Waals surface area contributed by atoms with Crippen molar-refractivity contribution >= 4 is 35.1 Å². The molecule has 174 valence electrons. The normalized spacial score (nSPS) is 10.2. The molecule has 3 aromatic rings. The second kappa shape index (κ2) is 10.9. The minimum absolute atomic E-state index is 0.104. The summed E-state index contributed by atoms with van der Waals surface area (Å²) in [6.07, 6.45) is 0. The van der Waals surface area contributed by atoms with Crippen molar-refractivity contribution < 1.29 is 28.3 Å². The molecule has 0 bridgehead atoms. The van der Waals surface area contributed by atoms with Crippen LogP contribution in [0.15, 0.2) is 66.7 Å². The Hall–Kier alpha value is -4.53. The summed E-state index contributed by atoms with van der Waals surface area (Å²) in [5.74, 6) is -2.74. The molecule has 9 heteroatoms. The van der Waals surface area contributed by atoms with E-state index in [1.807, 2.05) is 0 Å². The van der Waals surface area contributed by atoms with Gasteiger partial charge in [0.1, 0.15) is 12.4 Å². The number of methoxy groups -OCH3 is 1. The fraction of sp³-hybridized carbons (Fsp3) is 0.120. The van der Waals surface area contributed by atoms with Gasteiger partial charge < -0.3 is 20.7 Å². The Labute approximate surface area is 195 Å². The van der Waals surface area contributed by atoms with Crippen LogP contribution < -0.4 is 16.0 Å². The van der Waals surface area contributed by atoms with E-state index in [0.717, 1.165) is 0 Å². The van der Waals surface area contributed by atoms with Crippen LogP contribution in [0.4, 0.5) is 15.8 Å². The lowest BCUT2D eigenvalue weighted by atomic mass is 10.1. The van der Waals surface area contributed by atoms with Crippen molar-refractivity contribution in [1.82, 2.24) is 5.32 Å². The average Bonchev–Trinajstić information content (AvgIpc) is 2.84. The highest BCUT2D eigenvalue weighted by Crippen LogP contribution is 2.20. The number of halogens is 1. The summed E-state index contributed by atoms with van der Waals surface area (Å²) in [6, 6.07) is 16.5. The van der Waals surface area contributed by atoms with Crippen LogP contribution in [0.25, 0.3) is 0 Å². The SMILES string of the molecule is COC(=O)CNC(=O)c1ccc(NC(=O)c2ccc(C)c(NC(=O)c3ccccc3F)c2)cc1. The van der Waals surface area contributed by atoms with Gasteiger partial charge in [-0.05, 0) is 61.0 Å². The van der Waals surface area contributed by atoms with E-state index in [1.165, 1.54) is 43.5 Å². The van der Waals surface area contributed by atoms with Crippen LogP contribution in [-0.2, 0) is 9.53 Å². The monoisotopic (exact) mass is 463 g/mol. The van der Waals surface area contributed by atoms with Crippen LogP contribution in [-0.4, -0.2) is 37.3 Å². The van der Waals surface area contributed by atoms with Crippen LogP contribution in [0, 0.1) is 12.7 Å². The minimum atomic E-state index is -0.644. The largest absolute Gasteiger partial charge is 0.468 e. The number of ether oxygens (including phenoxy) is 1. The minimum Gasteiger partial charge on any atom is -0.468 e. The van der Waals surface area contributed by atoms with Gasteiger partial charge in [-0.25, -0.2) is 4.39 Å². The molecular formula is C25H22FN3O5. The second-order valence-corrected chi connectivity index (χ2v) is 7.25. The van der Waals surface area contributed by atoms with Crippen LogP contribution in [0.5, 0.6) is 0 Å². The molecule has 0 aliphatic heterocycles. The molecule has 3 rings (SSSR count). The molecule has 0 radical (unpaired) electrons. The highest BCUT2D eigenvalue weighted by Gasteiger charge is 2.15. The van der Waals surface area contributed by atoms with E-state index < -0.39 is 29.5 Å². The number of amides is 3. The number of benzene rings is 3. The first-order valence-electron chi connectivity index (χ1n) is 10.2. The summed E-state index contributed by atoms with van der Waals surface area (Å²) < 4.78 is 18.4. The Morgan fingerprint density at radius 1 is 0.824 bits per heavy atom. The van der Waals surface area contributed by atoms with Crippen molar-refractivity contribution in [3.63, 3.8) is 0 Å². The van der Waals surface area contributed by atoms with E-state index in [4.69, 9.17) is 0 Å². The van der Waals surface area contributed by atoms with Crippen molar-refractivity contribution in [3.8, 4) is 0 Å². The Morgan fingerprint density at radius 2 is 1.50 bits per heavy atom. The van der Waals surface area contributed by atoms with Crippen molar-refractivity contribution in [3.05, 3.63) is 94.8 Å². The molecule has 34 heavy (non-hydrogen) atoms. The number of anilines is 2. The van der Waals surface area contributed by atoms with Gasteiger partial charge in [-0.2, -0.15) is 0 Å². The fourth-order valence-corrected chi connectivity index (χ4v) is 2.97. The lowest BCUT2D eigenvalue weighted by Gasteiger charge is -2.12. The Morgan fingerprint density at radius 3 is 2.18 bits per heavy atom. The number of nitrogens with one attached hydrogen (secondary N) is 3. The first-order chi connectivity index (χ1) is 16.3. The molecular weight excluding hydrogens is 441 g/mol. The number of aryl methyl sites for hydroxylation is 1. The summed E-state index contributed by atoms with van der Waals surface area (Å²) in [5.41, 5.74) is 1.98. The highest BCUT2D eigenvalue weighted by molar-refractivity contribution is 6.08. The predicted molar refractivity (Wildman–Crippen MR) is 124 cm³/mol. The van der Waals surface area contributed by atoms with Gasteiger partial charge in [0, 0.05) is 22.5 Å². The Balaban J connectivity index is 1.67. The summed E-state index contributed by atoms with van der Waals surface area (Å²) in [7, 11) is 1.22. The van der Waals surface area contributed by atoms with E-state index >= 15 is 0 Å². The van der Waals surface area contributed by atoms with Gasteiger partial charge in [-0.1, -0.05) is 18.2 Å². The maximum absolute atomic E-state index is 13.9. The predicted octanol–water partition coefficient (Wildman–Crippen LogP) is 3.54. The van der Waals surface area contributed by atoms with Gasteiger partial charge in [0.05, 0.1) is 12.7 Å². The summed E-state index contributed by atoms with van der Waals surface area (Å²) in [6.45, 7) is 1.50. The van der Waals surface area contributed by atoms with Gasteiger partial charge in [-0.15, -0.1) is 0 Å². The fourth-order valence-electron chi connectivity index (χ4n) is 2.97. The average molecular weight is 463 g/mol. The molecule has 0 spiro atoms. The van der Waals surface area contributed by atoms with Gasteiger partial charge in [0.15, 0.2) is 0 Å². The van der Waals surface area contributed by atoms with Gasteiger partial charge >= 0.3 is 5.97 Å². The summed E-state index contributed by atoms with van der Waals surface area (Å²) >= 11 is 0. The molecule has 0 aliphatic rings. The van der Waals surface area contributed by atoms with E-state index in [0.29, 0.717) is 22.5 Å². The van der Waals surface area contributed by atoms with Crippen LogP contribution >= 0.6 is 0 Å².